The van der Waals surface area contributed by atoms with Gasteiger partial charge in [-0.15, -0.1) is 0 Å². The lowest BCUT2D eigenvalue weighted by atomic mass is 10.2. The largest absolute Gasteiger partial charge is 0.436 e. The molecule has 4 heteroatoms. The lowest BCUT2D eigenvalue weighted by molar-refractivity contribution is 0.424. The average Bonchev–Trinajstić information content (AvgIpc) is 2.36. The van der Waals surface area contributed by atoms with E-state index in [0.29, 0.717) is 5.88 Å². The Morgan fingerprint density at radius 1 is 1.28 bits per heavy atom. The number of nitrogens with zero attached hydrogens (tertiary/aromatic N) is 1. The van der Waals surface area contributed by atoms with Crippen LogP contribution in [0.5, 0.6) is 11.6 Å². The second-order valence-corrected chi connectivity index (χ2v) is 4.70. The molecule has 0 aliphatic rings. The van der Waals surface area contributed by atoms with E-state index >= 15 is 0 Å². The molecule has 0 saturated heterocycles. The summed E-state index contributed by atoms with van der Waals surface area (Å²) in [7, 11) is 0. The maximum Gasteiger partial charge on any atom is 0.222 e. The van der Waals surface area contributed by atoms with E-state index in [2.05, 4.69) is 20.9 Å². The van der Waals surface area contributed by atoms with E-state index in [0.717, 1.165) is 22.0 Å². The molecule has 0 unspecified atom stereocenters. The molecular weight excluding hydrogens is 297 g/mol. The maximum atomic E-state index is 13.6. The van der Waals surface area contributed by atoms with Gasteiger partial charge in [0.2, 0.25) is 5.88 Å². The molecule has 1 aromatic carbocycles. The van der Waals surface area contributed by atoms with Gasteiger partial charge in [0, 0.05) is 17.1 Å². The number of benzene rings is 1. The highest BCUT2D eigenvalue weighted by molar-refractivity contribution is 9.08. The zero-order valence-electron chi connectivity index (χ0n) is 10.2. The van der Waals surface area contributed by atoms with Crippen LogP contribution in [0.4, 0.5) is 4.39 Å². The third-order valence-electron chi connectivity index (χ3n) is 2.53. The summed E-state index contributed by atoms with van der Waals surface area (Å²) in [6.45, 7) is 3.78. The Bertz CT molecular complexity index is 572. The number of halogens is 2. The van der Waals surface area contributed by atoms with Gasteiger partial charge in [-0.3, -0.25) is 0 Å². The maximum absolute atomic E-state index is 13.6. The lowest BCUT2D eigenvalue weighted by Gasteiger charge is -2.09. The summed E-state index contributed by atoms with van der Waals surface area (Å²) in [6.07, 6.45) is 1.71. The molecule has 0 radical (unpaired) electrons. The predicted octanol–water partition coefficient (Wildman–Crippen LogP) is 4.52. The molecule has 18 heavy (non-hydrogen) atoms. The van der Waals surface area contributed by atoms with Gasteiger partial charge in [0.1, 0.15) is 0 Å². The number of ether oxygens (including phenoxy) is 1. The number of pyridine rings is 1. The monoisotopic (exact) mass is 309 g/mol. The third kappa shape index (κ3) is 2.88. The number of aryl methyl sites for hydroxylation is 2. The normalized spacial score (nSPS) is 10.4. The molecule has 94 valence electrons. The minimum atomic E-state index is -0.383. The van der Waals surface area contributed by atoms with Crippen molar-refractivity contribution >= 4 is 15.9 Å². The fourth-order valence-corrected chi connectivity index (χ4v) is 1.90. The number of hydrogen-bond acceptors (Lipinski definition) is 2. The van der Waals surface area contributed by atoms with E-state index in [1.165, 1.54) is 6.07 Å². The molecule has 2 rings (SSSR count). The first-order chi connectivity index (χ1) is 8.60. The van der Waals surface area contributed by atoms with Crippen LogP contribution in [0.2, 0.25) is 0 Å². The summed E-state index contributed by atoms with van der Waals surface area (Å²) < 4.78 is 19.1. The average molecular weight is 310 g/mol. The molecule has 0 bridgehead atoms. The van der Waals surface area contributed by atoms with Crippen LogP contribution in [0.25, 0.3) is 0 Å². The van der Waals surface area contributed by atoms with E-state index in [9.17, 15) is 4.39 Å². The van der Waals surface area contributed by atoms with Crippen LogP contribution >= 0.6 is 15.9 Å². The first-order valence-corrected chi connectivity index (χ1v) is 6.68. The Labute approximate surface area is 114 Å². The molecule has 1 aromatic heterocycles. The Kier molecular flexibility index (Phi) is 3.97. The van der Waals surface area contributed by atoms with E-state index < -0.39 is 0 Å². The molecule has 0 saturated carbocycles. The molecule has 0 fully saturated rings. The molecule has 0 N–H and O–H groups in total. The fraction of sp³-hybridized carbons (Fsp3) is 0.214. The molecule has 0 aliphatic carbocycles. The third-order valence-corrected chi connectivity index (χ3v) is 3.18. The van der Waals surface area contributed by atoms with Crippen LogP contribution in [0, 0.1) is 19.7 Å². The molecule has 0 aliphatic heterocycles. The van der Waals surface area contributed by atoms with Crippen LogP contribution in [-0.2, 0) is 5.33 Å². The van der Waals surface area contributed by atoms with Gasteiger partial charge in [0.15, 0.2) is 11.6 Å². The highest BCUT2D eigenvalue weighted by Gasteiger charge is 2.08. The molecule has 0 spiro atoms. The standard InChI is InChI=1S/C14H13BrFNO/c1-9-3-4-12(16)13(5-9)18-14-10(2)6-11(7-15)8-17-14/h3-6,8H,7H2,1-2H3. The van der Waals surface area contributed by atoms with Gasteiger partial charge in [0.25, 0.3) is 0 Å². The second-order valence-electron chi connectivity index (χ2n) is 4.14. The smallest absolute Gasteiger partial charge is 0.222 e. The van der Waals surface area contributed by atoms with Crippen molar-refractivity contribution in [1.29, 1.82) is 0 Å². The summed E-state index contributed by atoms with van der Waals surface area (Å²) in [4.78, 5) is 4.20. The van der Waals surface area contributed by atoms with Gasteiger partial charge < -0.3 is 4.74 Å². The Morgan fingerprint density at radius 3 is 2.72 bits per heavy atom. The van der Waals surface area contributed by atoms with Crippen molar-refractivity contribution in [3.63, 3.8) is 0 Å². The van der Waals surface area contributed by atoms with Crippen molar-refractivity contribution in [2.75, 3.05) is 0 Å². The van der Waals surface area contributed by atoms with Crippen LogP contribution in [0.3, 0.4) is 0 Å². The molecule has 2 nitrogen and oxygen atoms in total. The minimum absolute atomic E-state index is 0.206. The predicted molar refractivity (Wildman–Crippen MR) is 72.8 cm³/mol. The minimum Gasteiger partial charge on any atom is -0.436 e. The molecule has 0 amide bonds. The van der Waals surface area contributed by atoms with Crippen molar-refractivity contribution in [1.82, 2.24) is 4.98 Å². The topological polar surface area (TPSA) is 22.1 Å². The summed E-state index contributed by atoms with van der Waals surface area (Å²) in [5, 5.41) is 0.736. The number of rotatable bonds is 3. The van der Waals surface area contributed by atoms with E-state index in [4.69, 9.17) is 4.74 Å². The van der Waals surface area contributed by atoms with Crippen molar-refractivity contribution in [2.45, 2.75) is 19.2 Å². The number of aromatic nitrogens is 1. The van der Waals surface area contributed by atoms with Gasteiger partial charge in [-0.25, -0.2) is 9.37 Å². The Balaban J connectivity index is 2.31. The van der Waals surface area contributed by atoms with Gasteiger partial charge in [0.05, 0.1) is 0 Å². The fourth-order valence-electron chi connectivity index (χ4n) is 1.59. The van der Waals surface area contributed by atoms with Gasteiger partial charge in [-0.1, -0.05) is 22.0 Å². The van der Waals surface area contributed by atoms with Crippen molar-refractivity contribution < 1.29 is 9.13 Å². The molecule has 2 aromatic rings. The van der Waals surface area contributed by atoms with Crippen molar-refractivity contribution in [3.8, 4) is 11.6 Å². The molecule has 1 heterocycles. The number of hydrogen-bond donors (Lipinski definition) is 0. The summed E-state index contributed by atoms with van der Waals surface area (Å²) in [5.74, 6) is 0.257. The Hall–Kier alpha value is -1.42. The molecular formula is C14H13BrFNO. The van der Waals surface area contributed by atoms with E-state index in [1.54, 1.807) is 18.3 Å². The van der Waals surface area contributed by atoms with Crippen LogP contribution in [0.15, 0.2) is 30.5 Å². The van der Waals surface area contributed by atoms with Crippen LogP contribution in [0.1, 0.15) is 16.7 Å². The summed E-state index contributed by atoms with van der Waals surface area (Å²) >= 11 is 3.36. The summed E-state index contributed by atoms with van der Waals surface area (Å²) in [5.41, 5.74) is 2.89. The van der Waals surface area contributed by atoms with Crippen LogP contribution < -0.4 is 4.74 Å². The van der Waals surface area contributed by atoms with Gasteiger partial charge in [-0.05, 0) is 43.2 Å². The van der Waals surface area contributed by atoms with E-state index in [-0.39, 0.29) is 11.6 Å². The summed E-state index contributed by atoms with van der Waals surface area (Å²) in [6, 6.07) is 6.73. The van der Waals surface area contributed by atoms with Crippen LogP contribution in [-0.4, -0.2) is 4.98 Å². The number of alkyl halides is 1. The Morgan fingerprint density at radius 2 is 2.06 bits per heavy atom. The van der Waals surface area contributed by atoms with Crippen molar-refractivity contribution in [3.05, 3.63) is 53.0 Å². The van der Waals surface area contributed by atoms with Gasteiger partial charge >= 0.3 is 0 Å². The van der Waals surface area contributed by atoms with E-state index in [1.807, 2.05) is 19.9 Å². The quantitative estimate of drug-likeness (QED) is 0.777. The van der Waals surface area contributed by atoms with Crippen molar-refractivity contribution in [2.24, 2.45) is 0 Å². The first-order valence-electron chi connectivity index (χ1n) is 5.55. The van der Waals surface area contributed by atoms with Gasteiger partial charge in [-0.2, -0.15) is 0 Å². The highest BCUT2D eigenvalue weighted by atomic mass is 79.9. The highest BCUT2D eigenvalue weighted by Crippen LogP contribution is 2.26. The lowest BCUT2D eigenvalue weighted by Crippen LogP contribution is -1.95. The zero-order valence-corrected chi connectivity index (χ0v) is 11.8. The SMILES string of the molecule is Cc1ccc(F)c(Oc2ncc(CBr)cc2C)c1. The molecule has 0 atom stereocenters. The first kappa shape index (κ1) is 13.0. The second kappa shape index (κ2) is 5.48. The zero-order chi connectivity index (χ0) is 13.1.